The van der Waals surface area contributed by atoms with Gasteiger partial charge in [0, 0.05) is 12.1 Å². The summed E-state index contributed by atoms with van der Waals surface area (Å²) in [6.45, 7) is -0.0313. The average Bonchev–Trinajstić information content (AvgIpc) is 2.78. The highest BCUT2D eigenvalue weighted by atomic mass is 19.1. The molecule has 1 aromatic heterocycles. The van der Waals surface area contributed by atoms with Crippen LogP contribution in [0.25, 0.3) is 11.3 Å². The zero-order chi connectivity index (χ0) is 10.7. The third-order valence-electron chi connectivity index (χ3n) is 2.21. The molecule has 0 radical (unpaired) electrons. The molecule has 0 aliphatic carbocycles. The van der Waals surface area contributed by atoms with E-state index in [9.17, 15) is 4.39 Å². The normalized spacial score (nSPS) is 12.7. The molecule has 3 nitrogen and oxygen atoms in total. The molecule has 78 valence electrons. The summed E-state index contributed by atoms with van der Waals surface area (Å²) >= 11 is 0. The summed E-state index contributed by atoms with van der Waals surface area (Å²) in [6.07, 6.45) is -1.17. The number of hydrogen-bond donors (Lipinski definition) is 2. The molecule has 1 unspecified atom stereocenters. The molecule has 0 amide bonds. The Balaban J connectivity index is 2.28. The molecule has 0 aliphatic heterocycles. The van der Waals surface area contributed by atoms with E-state index in [1.54, 1.807) is 6.07 Å². The number of nitrogens with zero attached hydrogens (tertiary/aromatic N) is 1. The number of H-pyrrole nitrogens is 1. The summed E-state index contributed by atoms with van der Waals surface area (Å²) in [5, 5.41) is 6.68. The summed E-state index contributed by atoms with van der Waals surface area (Å²) in [5.41, 5.74) is 7.36. The molecule has 0 bridgehead atoms. The van der Waals surface area contributed by atoms with Crippen molar-refractivity contribution in [3.63, 3.8) is 0 Å². The highest BCUT2D eigenvalue weighted by Crippen LogP contribution is 2.21. The fourth-order valence-corrected chi connectivity index (χ4v) is 1.38. The van der Waals surface area contributed by atoms with Crippen LogP contribution >= 0.6 is 0 Å². The number of aromatic amines is 1. The largest absolute Gasteiger partial charge is 0.327 e. The number of aromatic nitrogens is 2. The number of hydrogen-bond acceptors (Lipinski definition) is 2. The van der Waals surface area contributed by atoms with Gasteiger partial charge in [-0.15, -0.1) is 0 Å². The highest BCUT2D eigenvalue weighted by Gasteiger charge is 2.11. The van der Waals surface area contributed by atoms with Gasteiger partial charge in [-0.05, 0) is 6.07 Å². The number of halogens is 1. The van der Waals surface area contributed by atoms with Gasteiger partial charge >= 0.3 is 0 Å². The van der Waals surface area contributed by atoms with Crippen LogP contribution in [0.1, 0.15) is 11.9 Å². The first-order chi connectivity index (χ1) is 7.31. The van der Waals surface area contributed by atoms with Gasteiger partial charge in [-0.25, -0.2) is 4.39 Å². The quantitative estimate of drug-likeness (QED) is 0.805. The van der Waals surface area contributed by atoms with E-state index in [0.29, 0.717) is 5.69 Å². The van der Waals surface area contributed by atoms with Crippen molar-refractivity contribution in [2.24, 2.45) is 5.73 Å². The van der Waals surface area contributed by atoms with E-state index in [4.69, 9.17) is 5.73 Å². The molecule has 1 heterocycles. The maximum absolute atomic E-state index is 13.2. The molecule has 3 N–H and O–H groups in total. The van der Waals surface area contributed by atoms with Crippen molar-refractivity contribution in [1.82, 2.24) is 10.2 Å². The van der Waals surface area contributed by atoms with Gasteiger partial charge in [-0.2, -0.15) is 5.10 Å². The van der Waals surface area contributed by atoms with Crippen LogP contribution < -0.4 is 5.73 Å². The van der Waals surface area contributed by atoms with Gasteiger partial charge in [-0.3, -0.25) is 5.10 Å². The van der Waals surface area contributed by atoms with Crippen molar-refractivity contribution in [1.29, 1.82) is 0 Å². The maximum Gasteiger partial charge on any atom is 0.153 e. The van der Waals surface area contributed by atoms with Crippen LogP contribution in [-0.4, -0.2) is 16.7 Å². The van der Waals surface area contributed by atoms with Gasteiger partial charge in [-0.1, -0.05) is 30.3 Å². The minimum absolute atomic E-state index is 0.0313. The van der Waals surface area contributed by atoms with E-state index in [2.05, 4.69) is 10.2 Å². The predicted octanol–water partition coefficient (Wildman–Crippen LogP) is 2.05. The van der Waals surface area contributed by atoms with Crippen molar-refractivity contribution >= 4 is 0 Å². The Hall–Kier alpha value is -1.68. The van der Waals surface area contributed by atoms with Crippen LogP contribution in [0, 0.1) is 0 Å². The van der Waals surface area contributed by atoms with Crippen molar-refractivity contribution in [3.05, 3.63) is 42.1 Å². The Bertz CT molecular complexity index is 424. The summed E-state index contributed by atoms with van der Waals surface area (Å²) < 4.78 is 13.2. The van der Waals surface area contributed by atoms with Crippen LogP contribution in [0.5, 0.6) is 0 Å². The molecule has 0 aliphatic rings. The number of rotatable bonds is 3. The molecule has 0 fully saturated rings. The van der Waals surface area contributed by atoms with Gasteiger partial charge in [0.15, 0.2) is 6.17 Å². The molecule has 15 heavy (non-hydrogen) atoms. The molecule has 0 spiro atoms. The lowest BCUT2D eigenvalue weighted by molar-refractivity contribution is 0.344. The molecule has 4 heteroatoms. The monoisotopic (exact) mass is 205 g/mol. The van der Waals surface area contributed by atoms with Gasteiger partial charge < -0.3 is 5.73 Å². The smallest absolute Gasteiger partial charge is 0.153 e. The molecule has 2 aromatic rings. The fourth-order valence-electron chi connectivity index (χ4n) is 1.38. The van der Waals surface area contributed by atoms with Crippen molar-refractivity contribution in [2.45, 2.75) is 6.17 Å². The average molecular weight is 205 g/mol. The summed E-state index contributed by atoms with van der Waals surface area (Å²) in [5.74, 6) is 0. The molecule has 2 rings (SSSR count). The Labute approximate surface area is 87.1 Å². The Morgan fingerprint density at radius 3 is 2.73 bits per heavy atom. The number of nitrogens with two attached hydrogens (primary N) is 1. The van der Waals surface area contributed by atoms with E-state index in [-0.39, 0.29) is 6.54 Å². The lowest BCUT2D eigenvalue weighted by Gasteiger charge is -1.98. The highest BCUT2D eigenvalue weighted by molar-refractivity contribution is 5.58. The van der Waals surface area contributed by atoms with Gasteiger partial charge in [0.05, 0.1) is 11.4 Å². The maximum atomic E-state index is 13.2. The standard InChI is InChI=1S/C11H12FN3/c12-9(7-13)11-6-10(14-15-11)8-4-2-1-3-5-8/h1-6,9H,7,13H2,(H,14,15). The first-order valence-electron chi connectivity index (χ1n) is 4.76. The lowest BCUT2D eigenvalue weighted by Crippen LogP contribution is -2.07. The zero-order valence-electron chi connectivity index (χ0n) is 8.15. The minimum Gasteiger partial charge on any atom is -0.327 e. The summed E-state index contributed by atoms with van der Waals surface area (Å²) in [7, 11) is 0. The molecule has 1 atom stereocenters. The van der Waals surface area contributed by atoms with E-state index in [0.717, 1.165) is 11.3 Å². The molecular weight excluding hydrogens is 193 g/mol. The summed E-state index contributed by atoms with van der Waals surface area (Å²) in [6, 6.07) is 11.3. The lowest BCUT2D eigenvalue weighted by atomic mass is 10.1. The molecular formula is C11H12FN3. The second-order valence-corrected chi connectivity index (χ2v) is 3.28. The third-order valence-corrected chi connectivity index (χ3v) is 2.21. The van der Waals surface area contributed by atoms with Crippen molar-refractivity contribution in [3.8, 4) is 11.3 Å². The van der Waals surface area contributed by atoms with Gasteiger partial charge in [0.1, 0.15) is 0 Å². The predicted molar refractivity (Wildman–Crippen MR) is 56.9 cm³/mol. The Kier molecular flexibility index (Phi) is 2.78. The topological polar surface area (TPSA) is 54.7 Å². The van der Waals surface area contributed by atoms with E-state index in [1.807, 2.05) is 30.3 Å². The summed E-state index contributed by atoms with van der Waals surface area (Å²) in [4.78, 5) is 0. The van der Waals surface area contributed by atoms with Crippen molar-refractivity contribution < 1.29 is 4.39 Å². The number of nitrogens with one attached hydrogen (secondary N) is 1. The van der Waals surface area contributed by atoms with E-state index in [1.165, 1.54) is 0 Å². The van der Waals surface area contributed by atoms with Gasteiger partial charge in [0.25, 0.3) is 0 Å². The Morgan fingerprint density at radius 2 is 2.07 bits per heavy atom. The van der Waals surface area contributed by atoms with Crippen LogP contribution in [-0.2, 0) is 0 Å². The van der Waals surface area contributed by atoms with Crippen LogP contribution in [0.15, 0.2) is 36.4 Å². The minimum atomic E-state index is -1.17. The second kappa shape index (κ2) is 4.23. The molecule has 0 saturated carbocycles. The first-order valence-corrected chi connectivity index (χ1v) is 4.76. The number of benzene rings is 1. The van der Waals surface area contributed by atoms with E-state index >= 15 is 0 Å². The van der Waals surface area contributed by atoms with Crippen LogP contribution in [0.3, 0.4) is 0 Å². The fraction of sp³-hybridized carbons (Fsp3) is 0.182. The third kappa shape index (κ3) is 2.05. The second-order valence-electron chi connectivity index (χ2n) is 3.28. The van der Waals surface area contributed by atoms with E-state index < -0.39 is 6.17 Å². The first kappa shape index (κ1) is 9.86. The number of alkyl halides is 1. The molecule has 1 aromatic carbocycles. The van der Waals surface area contributed by atoms with Crippen molar-refractivity contribution in [2.75, 3.05) is 6.54 Å². The Morgan fingerprint density at radius 1 is 1.33 bits per heavy atom. The van der Waals surface area contributed by atoms with Gasteiger partial charge in [0.2, 0.25) is 0 Å². The van der Waals surface area contributed by atoms with Crippen LogP contribution in [0.2, 0.25) is 0 Å². The van der Waals surface area contributed by atoms with Crippen LogP contribution in [0.4, 0.5) is 4.39 Å². The molecule has 0 saturated heterocycles. The SMILES string of the molecule is NCC(F)c1cc(-c2ccccc2)n[nH]1. The zero-order valence-corrected chi connectivity index (χ0v) is 8.15.